The largest absolute Gasteiger partial charge is 0.497 e. The van der Waals surface area contributed by atoms with Crippen LogP contribution >= 0.6 is 0 Å². The molecule has 0 radical (unpaired) electrons. The van der Waals surface area contributed by atoms with Crippen molar-refractivity contribution in [2.24, 2.45) is 5.92 Å². The summed E-state index contributed by atoms with van der Waals surface area (Å²) in [7, 11) is 1.62. The Morgan fingerprint density at radius 2 is 1.96 bits per heavy atom. The van der Waals surface area contributed by atoms with E-state index in [-0.39, 0.29) is 11.5 Å². The van der Waals surface area contributed by atoms with Gasteiger partial charge in [-0.15, -0.1) is 0 Å². The Kier molecular flexibility index (Phi) is 4.51. The zero-order chi connectivity index (χ0) is 18.1. The van der Waals surface area contributed by atoms with E-state index in [1.54, 1.807) is 13.2 Å². The molecule has 1 aromatic heterocycles. The molecule has 0 unspecified atom stereocenters. The lowest BCUT2D eigenvalue weighted by Gasteiger charge is -2.42. The quantitative estimate of drug-likeness (QED) is 0.912. The number of aromatic nitrogens is 1. The van der Waals surface area contributed by atoms with Crippen molar-refractivity contribution in [1.82, 2.24) is 9.47 Å². The molecule has 1 saturated heterocycles. The number of carbonyl (C=O) groups is 1. The van der Waals surface area contributed by atoms with Crippen LogP contribution in [-0.4, -0.2) is 42.1 Å². The first-order valence-electron chi connectivity index (χ1n) is 8.98. The van der Waals surface area contributed by atoms with Gasteiger partial charge in [0.1, 0.15) is 5.75 Å². The molecule has 6 nitrogen and oxygen atoms in total. The average Bonchev–Trinajstić information content (AvgIpc) is 2.63. The van der Waals surface area contributed by atoms with Crippen LogP contribution in [0.4, 0.5) is 5.69 Å². The molecule has 2 aliphatic rings. The Morgan fingerprint density at radius 1 is 1.15 bits per heavy atom. The lowest BCUT2D eigenvalue weighted by Crippen LogP contribution is -2.49. The fraction of sp³-hybridized carbons (Fsp3) is 0.400. The van der Waals surface area contributed by atoms with Crippen LogP contribution in [-0.2, 0) is 11.3 Å². The van der Waals surface area contributed by atoms with Crippen LogP contribution in [0.25, 0.3) is 0 Å². The van der Waals surface area contributed by atoms with Crippen LogP contribution in [0.2, 0.25) is 0 Å². The molecule has 26 heavy (non-hydrogen) atoms. The fourth-order valence-electron chi connectivity index (χ4n) is 4.20. The van der Waals surface area contributed by atoms with E-state index in [2.05, 4.69) is 10.2 Å². The first-order chi connectivity index (χ1) is 12.6. The summed E-state index contributed by atoms with van der Waals surface area (Å²) in [6.07, 6.45) is 1.10. The number of nitrogens with one attached hydrogen (secondary N) is 1. The maximum atomic E-state index is 12.4. The summed E-state index contributed by atoms with van der Waals surface area (Å²) in [6, 6.07) is 12.8. The number of nitrogens with zero attached hydrogens (tertiary/aromatic N) is 2. The molecule has 0 saturated carbocycles. The van der Waals surface area contributed by atoms with Crippen LogP contribution in [0, 0.1) is 5.92 Å². The van der Waals surface area contributed by atoms with Crippen LogP contribution in [0.5, 0.6) is 5.75 Å². The lowest BCUT2D eigenvalue weighted by molar-refractivity contribution is -0.117. The number of carbonyl (C=O) groups excluding carboxylic acids is 1. The van der Waals surface area contributed by atoms with E-state index >= 15 is 0 Å². The molecule has 0 spiro atoms. The molecule has 1 N–H and O–H groups in total. The zero-order valence-electron chi connectivity index (χ0n) is 14.9. The zero-order valence-corrected chi connectivity index (χ0v) is 14.9. The second-order valence-corrected chi connectivity index (χ2v) is 7.17. The molecule has 3 heterocycles. The molecule has 2 bridgehead atoms. The third-order valence-electron chi connectivity index (χ3n) is 5.30. The molecule has 4 rings (SSSR count). The summed E-state index contributed by atoms with van der Waals surface area (Å²) < 4.78 is 7.04. The van der Waals surface area contributed by atoms with Gasteiger partial charge in [-0.1, -0.05) is 6.07 Å². The number of hydrogen-bond acceptors (Lipinski definition) is 4. The number of likely N-dealkylation sites (tertiary alicyclic amines) is 1. The molecule has 1 amide bonds. The van der Waals surface area contributed by atoms with Crippen molar-refractivity contribution in [3.05, 3.63) is 58.5 Å². The number of anilines is 1. The Balaban J connectivity index is 1.40. The number of fused-ring (bicyclic) bond motifs is 4. The molecule has 0 aliphatic carbocycles. The molecule has 2 aromatic rings. The highest BCUT2D eigenvalue weighted by Crippen LogP contribution is 2.34. The van der Waals surface area contributed by atoms with Gasteiger partial charge in [0, 0.05) is 43.0 Å². The number of piperidine rings is 1. The van der Waals surface area contributed by atoms with E-state index in [4.69, 9.17) is 4.74 Å². The van der Waals surface area contributed by atoms with Crippen molar-refractivity contribution >= 4 is 11.6 Å². The molecule has 2 atom stereocenters. The average molecular weight is 353 g/mol. The van der Waals surface area contributed by atoms with Crippen molar-refractivity contribution in [3.63, 3.8) is 0 Å². The Labute approximate surface area is 152 Å². The summed E-state index contributed by atoms with van der Waals surface area (Å²) in [6.45, 7) is 2.79. The summed E-state index contributed by atoms with van der Waals surface area (Å²) >= 11 is 0. The lowest BCUT2D eigenvalue weighted by atomic mass is 9.83. The maximum absolute atomic E-state index is 12.4. The fourth-order valence-corrected chi connectivity index (χ4v) is 4.20. The maximum Gasteiger partial charge on any atom is 0.250 e. The minimum absolute atomic E-state index is 0.0133. The molecular weight excluding hydrogens is 330 g/mol. The summed E-state index contributed by atoms with van der Waals surface area (Å²) in [4.78, 5) is 26.7. The van der Waals surface area contributed by atoms with Gasteiger partial charge >= 0.3 is 0 Å². The van der Waals surface area contributed by atoms with Crippen LogP contribution in [0.15, 0.2) is 47.3 Å². The standard InChI is InChI=1S/C20H23N3O3/c1-26-17-7-5-16(6-8-17)21-19(24)13-22-10-14-9-15(12-22)18-3-2-4-20(25)23(18)11-14/h2-8,14-15H,9-13H2,1H3,(H,21,24)/t14-,15-/m0/s1. The van der Waals surface area contributed by atoms with E-state index in [1.807, 2.05) is 41.0 Å². The van der Waals surface area contributed by atoms with E-state index < -0.39 is 0 Å². The van der Waals surface area contributed by atoms with Crippen LogP contribution < -0.4 is 15.6 Å². The number of amides is 1. The Hall–Kier alpha value is -2.60. The van der Waals surface area contributed by atoms with E-state index in [0.717, 1.165) is 43.2 Å². The first-order valence-corrected chi connectivity index (χ1v) is 8.98. The number of hydrogen-bond donors (Lipinski definition) is 1. The van der Waals surface area contributed by atoms with Crippen LogP contribution in [0.3, 0.4) is 0 Å². The van der Waals surface area contributed by atoms with Crippen molar-refractivity contribution in [3.8, 4) is 5.75 Å². The van der Waals surface area contributed by atoms with Gasteiger partial charge in [0.2, 0.25) is 5.91 Å². The number of rotatable bonds is 4. The van der Waals surface area contributed by atoms with Crippen molar-refractivity contribution in [2.75, 3.05) is 32.1 Å². The van der Waals surface area contributed by atoms with Gasteiger partial charge in [-0.2, -0.15) is 0 Å². The monoisotopic (exact) mass is 353 g/mol. The summed E-state index contributed by atoms with van der Waals surface area (Å²) in [5.74, 6) is 1.50. The SMILES string of the molecule is COc1ccc(NC(=O)CN2C[C@@H]3C[C@@H](C2)c2cccc(=O)n2C3)cc1. The molecule has 1 fully saturated rings. The van der Waals surface area contributed by atoms with E-state index in [9.17, 15) is 9.59 Å². The predicted octanol–water partition coefficient (Wildman–Crippen LogP) is 1.91. The van der Waals surface area contributed by atoms with Gasteiger partial charge in [-0.3, -0.25) is 14.5 Å². The Morgan fingerprint density at radius 3 is 2.73 bits per heavy atom. The van der Waals surface area contributed by atoms with Crippen molar-refractivity contribution < 1.29 is 9.53 Å². The highest BCUT2D eigenvalue weighted by Gasteiger charge is 2.34. The third-order valence-corrected chi connectivity index (χ3v) is 5.30. The van der Waals surface area contributed by atoms with Gasteiger partial charge in [0.05, 0.1) is 13.7 Å². The second-order valence-electron chi connectivity index (χ2n) is 7.17. The predicted molar refractivity (Wildman–Crippen MR) is 99.6 cm³/mol. The molecule has 1 aromatic carbocycles. The second kappa shape index (κ2) is 6.96. The van der Waals surface area contributed by atoms with Crippen molar-refractivity contribution in [1.29, 1.82) is 0 Å². The number of benzene rings is 1. The minimum atomic E-state index is -0.0133. The smallest absolute Gasteiger partial charge is 0.250 e. The van der Waals surface area contributed by atoms with Gasteiger partial charge in [0.25, 0.3) is 5.56 Å². The van der Waals surface area contributed by atoms with Gasteiger partial charge in [0.15, 0.2) is 0 Å². The van der Waals surface area contributed by atoms with Gasteiger partial charge in [-0.25, -0.2) is 0 Å². The highest BCUT2D eigenvalue weighted by atomic mass is 16.5. The number of methoxy groups -OCH3 is 1. The highest BCUT2D eigenvalue weighted by molar-refractivity contribution is 5.92. The molecule has 2 aliphatic heterocycles. The van der Waals surface area contributed by atoms with E-state index in [0.29, 0.717) is 18.4 Å². The first kappa shape index (κ1) is 16.8. The summed E-state index contributed by atoms with van der Waals surface area (Å²) in [5, 5.41) is 2.94. The molecular formula is C20H23N3O3. The van der Waals surface area contributed by atoms with Crippen molar-refractivity contribution in [2.45, 2.75) is 18.9 Å². The van der Waals surface area contributed by atoms with Gasteiger partial charge < -0.3 is 14.6 Å². The number of ether oxygens (including phenoxy) is 1. The topological polar surface area (TPSA) is 63.6 Å². The van der Waals surface area contributed by atoms with Crippen LogP contribution in [0.1, 0.15) is 18.0 Å². The molecule has 136 valence electrons. The minimum Gasteiger partial charge on any atom is -0.497 e. The van der Waals surface area contributed by atoms with Gasteiger partial charge in [-0.05, 0) is 42.7 Å². The Bertz CT molecular complexity index is 859. The summed E-state index contributed by atoms with van der Waals surface area (Å²) in [5.41, 5.74) is 1.96. The third kappa shape index (κ3) is 3.37. The molecule has 6 heteroatoms. The normalized spacial score (nSPS) is 21.7. The van der Waals surface area contributed by atoms with E-state index in [1.165, 1.54) is 0 Å². The number of pyridine rings is 1.